The van der Waals surface area contributed by atoms with E-state index in [1.165, 1.54) is 7.05 Å². The summed E-state index contributed by atoms with van der Waals surface area (Å²) in [7, 11) is 1.38. The monoisotopic (exact) mass is 208 g/mol. The van der Waals surface area contributed by atoms with Crippen LogP contribution in [-0.2, 0) is 4.79 Å². The zero-order valence-corrected chi connectivity index (χ0v) is 8.67. The second-order valence-electron chi connectivity index (χ2n) is 3.33. The Morgan fingerprint density at radius 1 is 1.50 bits per heavy atom. The maximum Gasteiger partial charge on any atom is 0.255 e. The summed E-state index contributed by atoms with van der Waals surface area (Å²) in [5.74, 6) is -0.599. The molecule has 5 heteroatoms. The number of hydrogen-bond donors (Lipinski definition) is 1. The lowest BCUT2D eigenvalue weighted by Crippen LogP contribution is -2.39. The maximum atomic E-state index is 12.0. The molecule has 0 saturated heterocycles. The van der Waals surface area contributed by atoms with Crippen LogP contribution in [0.15, 0.2) is 0 Å². The van der Waals surface area contributed by atoms with Gasteiger partial charge in [-0.05, 0) is 6.42 Å². The molecule has 0 aromatic rings. The number of nitrogens with two attached hydrogens (primary N) is 1. The Labute approximate surface area is 83.3 Å². The molecule has 0 aromatic carbocycles. The Morgan fingerprint density at radius 3 is 2.43 bits per heavy atom. The first-order valence-corrected chi connectivity index (χ1v) is 4.76. The lowest BCUT2D eigenvalue weighted by molar-refractivity contribution is -0.135. The Morgan fingerprint density at radius 2 is 2.07 bits per heavy atom. The van der Waals surface area contributed by atoms with Crippen molar-refractivity contribution in [2.45, 2.75) is 26.2 Å². The highest BCUT2D eigenvalue weighted by molar-refractivity contribution is 5.78. The SMILES string of the molecule is CCCC(CN)C(=O)N(C)CC(F)F. The molecule has 0 saturated carbocycles. The van der Waals surface area contributed by atoms with E-state index in [2.05, 4.69) is 0 Å². The van der Waals surface area contributed by atoms with Gasteiger partial charge in [-0.15, -0.1) is 0 Å². The third-order valence-corrected chi connectivity index (χ3v) is 2.06. The zero-order chi connectivity index (χ0) is 11.1. The van der Waals surface area contributed by atoms with E-state index in [0.29, 0.717) is 6.42 Å². The fraction of sp³-hybridized carbons (Fsp3) is 0.889. The first-order chi connectivity index (χ1) is 6.52. The van der Waals surface area contributed by atoms with E-state index in [9.17, 15) is 13.6 Å². The number of halogens is 2. The molecule has 0 bridgehead atoms. The van der Waals surface area contributed by atoms with E-state index in [4.69, 9.17) is 5.73 Å². The fourth-order valence-corrected chi connectivity index (χ4v) is 1.30. The summed E-state index contributed by atoms with van der Waals surface area (Å²) in [5, 5.41) is 0. The van der Waals surface area contributed by atoms with Crippen LogP contribution in [0.2, 0.25) is 0 Å². The standard InChI is InChI=1S/C9H18F2N2O/c1-3-4-7(5-12)9(14)13(2)6-8(10)11/h7-8H,3-6,12H2,1-2H3. The zero-order valence-electron chi connectivity index (χ0n) is 8.67. The van der Waals surface area contributed by atoms with Crippen molar-refractivity contribution in [1.29, 1.82) is 0 Å². The molecule has 14 heavy (non-hydrogen) atoms. The Bertz CT molecular complexity index is 176. The highest BCUT2D eigenvalue weighted by atomic mass is 19.3. The highest BCUT2D eigenvalue weighted by Gasteiger charge is 2.21. The van der Waals surface area contributed by atoms with Gasteiger partial charge >= 0.3 is 0 Å². The van der Waals surface area contributed by atoms with Gasteiger partial charge in [0, 0.05) is 13.6 Å². The van der Waals surface area contributed by atoms with Crippen LogP contribution in [0.3, 0.4) is 0 Å². The molecule has 2 N–H and O–H groups in total. The highest BCUT2D eigenvalue weighted by Crippen LogP contribution is 2.09. The van der Waals surface area contributed by atoms with Crippen molar-refractivity contribution in [3.63, 3.8) is 0 Å². The lowest BCUT2D eigenvalue weighted by Gasteiger charge is -2.22. The van der Waals surface area contributed by atoms with E-state index >= 15 is 0 Å². The van der Waals surface area contributed by atoms with E-state index in [1.807, 2.05) is 6.92 Å². The number of carbonyl (C=O) groups is 1. The molecule has 0 radical (unpaired) electrons. The van der Waals surface area contributed by atoms with Crippen molar-refractivity contribution in [2.24, 2.45) is 11.7 Å². The average molecular weight is 208 g/mol. The molecule has 84 valence electrons. The third-order valence-electron chi connectivity index (χ3n) is 2.06. The molecule has 0 spiro atoms. The van der Waals surface area contributed by atoms with Crippen molar-refractivity contribution >= 4 is 5.91 Å². The van der Waals surface area contributed by atoms with Gasteiger partial charge < -0.3 is 10.6 Å². The van der Waals surface area contributed by atoms with Crippen LogP contribution >= 0.6 is 0 Å². The Kier molecular flexibility index (Phi) is 6.36. The molecule has 1 amide bonds. The van der Waals surface area contributed by atoms with Crippen molar-refractivity contribution in [1.82, 2.24) is 4.90 Å². The van der Waals surface area contributed by atoms with Crippen molar-refractivity contribution in [3.8, 4) is 0 Å². The third kappa shape index (κ3) is 4.50. The van der Waals surface area contributed by atoms with Crippen LogP contribution in [0.4, 0.5) is 8.78 Å². The minimum atomic E-state index is -2.48. The number of carbonyl (C=O) groups excluding carboxylic acids is 1. The molecule has 0 fully saturated rings. The molecule has 0 aromatic heterocycles. The maximum absolute atomic E-state index is 12.0. The van der Waals surface area contributed by atoms with Crippen LogP contribution in [-0.4, -0.2) is 37.4 Å². The lowest BCUT2D eigenvalue weighted by atomic mass is 10.0. The summed E-state index contributed by atoms with van der Waals surface area (Å²) in [4.78, 5) is 12.6. The van der Waals surface area contributed by atoms with Crippen LogP contribution in [0.5, 0.6) is 0 Å². The number of rotatable bonds is 6. The van der Waals surface area contributed by atoms with Gasteiger partial charge in [-0.1, -0.05) is 13.3 Å². The van der Waals surface area contributed by atoms with Gasteiger partial charge in [0.05, 0.1) is 12.5 Å². The molecule has 0 aliphatic rings. The number of alkyl halides is 2. The minimum absolute atomic E-state index is 0.222. The van der Waals surface area contributed by atoms with Gasteiger partial charge in [0.1, 0.15) is 0 Å². The van der Waals surface area contributed by atoms with E-state index < -0.39 is 13.0 Å². The Balaban J connectivity index is 4.12. The predicted octanol–water partition coefficient (Wildman–Crippen LogP) is 1.08. The second kappa shape index (κ2) is 6.70. The van der Waals surface area contributed by atoms with Gasteiger partial charge in [0.15, 0.2) is 0 Å². The quantitative estimate of drug-likeness (QED) is 0.710. The van der Waals surface area contributed by atoms with Gasteiger partial charge in [0.2, 0.25) is 5.91 Å². The number of hydrogen-bond acceptors (Lipinski definition) is 2. The second-order valence-corrected chi connectivity index (χ2v) is 3.33. The van der Waals surface area contributed by atoms with Gasteiger partial charge in [-0.25, -0.2) is 8.78 Å². The summed E-state index contributed by atoms with van der Waals surface area (Å²) in [6, 6.07) is 0. The summed E-state index contributed by atoms with van der Waals surface area (Å²) >= 11 is 0. The van der Waals surface area contributed by atoms with Crippen molar-refractivity contribution in [3.05, 3.63) is 0 Å². The van der Waals surface area contributed by atoms with Crippen LogP contribution < -0.4 is 5.73 Å². The Hall–Kier alpha value is -0.710. The van der Waals surface area contributed by atoms with Crippen molar-refractivity contribution in [2.75, 3.05) is 20.1 Å². The minimum Gasteiger partial charge on any atom is -0.340 e. The number of nitrogens with zero attached hydrogens (tertiary/aromatic N) is 1. The largest absolute Gasteiger partial charge is 0.340 e. The summed E-state index contributed by atoms with van der Waals surface area (Å²) in [5.41, 5.74) is 5.39. The predicted molar refractivity (Wildman–Crippen MR) is 51.1 cm³/mol. The molecule has 3 nitrogen and oxygen atoms in total. The van der Waals surface area contributed by atoms with Gasteiger partial charge in [-0.2, -0.15) is 0 Å². The summed E-state index contributed by atoms with van der Waals surface area (Å²) in [6.45, 7) is 1.64. The number of amides is 1. The van der Waals surface area contributed by atoms with Crippen LogP contribution in [0.1, 0.15) is 19.8 Å². The van der Waals surface area contributed by atoms with Crippen LogP contribution in [0, 0.1) is 5.92 Å². The first-order valence-electron chi connectivity index (χ1n) is 4.76. The van der Waals surface area contributed by atoms with Gasteiger partial charge in [-0.3, -0.25) is 4.79 Å². The molecule has 0 heterocycles. The van der Waals surface area contributed by atoms with E-state index in [-0.39, 0.29) is 18.4 Å². The van der Waals surface area contributed by atoms with E-state index in [1.54, 1.807) is 0 Å². The molecule has 1 unspecified atom stereocenters. The molecule has 1 atom stereocenters. The molecule has 0 rings (SSSR count). The molecular weight excluding hydrogens is 190 g/mol. The van der Waals surface area contributed by atoms with Crippen molar-refractivity contribution < 1.29 is 13.6 Å². The fourth-order valence-electron chi connectivity index (χ4n) is 1.30. The van der Waals surface area contributed by atoms with E-state index in [0.717, 1.165) is 11.3 Å². The molecule has 0 aliphatic carbocycles. The van der Waals surface area contributed by atoms with Gasteiger partial charge in [0.25, 0.3) is 6.43 Å². The topological polar surface area (TPSA) is 46.3 Å². The van der Waals surface area contributed by atoms with Crippen LogP contribution in [0.25, 0.3) is 0 Å². The normalized spacial score (nSPS) is 13.0. The average Bonchev–Trinajstić information content (AvgIpc) is 2.12. The molecular formula is C9H18F2N2O. The summed E-state index contributed by atoms with van der Waals surface area (Å²) < 4.78 is 23.9. The summed E-state index contributed by atoms with van der Waals surface area (Å²) in [6.07, 6.45) is -0.997. The molecule has 0 aliphatic heterocycles. The first kappa shape index (κ1) is 13.3. The smallest absolute Gasteiger partial charge is 0.255 e.